The van der Waals surface area contributed by atoms with Crippen LogP contribution in [0.4, 0.5) is 0 Å². The van der Waals surface area contributed by atoms with Crippen molar-refractivity contribution in [2.45, 2.75) is 32.1 Å². The molecule has 0 aromatic heterocycles. The highest BCUT2D eigenvalue weighted by atomic mass is 16.5. The third-order valence-corrected chi connectivity index (χ3v) is 4.05. The van der Waals surface area contributed by atoms with Crippen molar-refractivity contribution in [3.63, 3.8) is 0 Å². The van der Waals surface area contributed by atoms with E-state index in [0.29, 0.717) is 6.42 Å². The molecule has 0 radical (unpaired) electrons. The van der Waals surface area contributed by atoms with Crippen LogP contribution in [0.5, 0.6) is 11.5 Å². The molecule has 3 rings (SSSR count). The molecule has 0 fully saturated rings. The highest BCUT2D eigenvalue weighted by Gasteiger charge is 2.28. The lowest BCUT2D eigenvalue weighted by Crippen LogP contribution is -2.38. The molecule has 1 aromatic rings. The SMILES string of the molecule is COc1cc(C)c2c3c1OC(CC(O)/C=C\3)CN(C)C2. The number of methoxy groups -OCH3 is 1. The van der Waals surface area contributed by atoms with E-state index in [-0.39, 0.29) is 6.10 Å². The molecule has 2 heterocycles. The van der Waals surface area contributed by atoms with Gasteiger partial charge in [-0.3, -0.25) is 4.90 Å². The summed E-state index contributed by atoms with van der Waals surface area (Å²) in [4.78, 5) is 2.25. The number of benzene rings is 1. The topological polar surface area (TPSA) is 41.9 Å². The number of aryl methyl sites for hydroxylation is 1. The number of aliphatic hydroxyl groups excluding tert-OH is 1. The standard InChI is InChI=1S/C16H21NO3/c1-10-6-15(19-3)16-13-5-4-11(18)7-12(20-16)8-17(2)9-14(10)13/h4-6,11-12,18H,7-9H2,1-3H3/b5-4-. The van der Waals surface area contributed by atoms with Crippen molar-refractivity contribution in [3.05, 3.63) is 28.8 Å². The van der Waals surface area contributed by atoms with Crippen LogP contribution in [-0.2, 0) is 6.54 Å². The Labute approximate surface area is 119 Å². The second kappa shape index (κ2) is 5.11. The molecule has 2 unspecified atom stereocenters. The highest BCUT2D eigenvalue weighted by Crippen LogP contribution is 2.40. The van der Waals surface area contributed by atoms with Crippen LogP contribution in [0.25, 0.3) is 6.08 Å². The first-order valence-corrected chi connectivity index (χ1v) is 7.00. The van der Waals surface area contributed by atoms with Gasteiger partial charge in [-0.25, -0.2) is 0 Å². The number of hydrogen-bond acceptors (Lipinski definition) is 4. The molecule has 2 aliphatic heterocycles. The van der Waals surface area contributed by atoms with Crippen molar-refractivity contribution in [1.82, 2.24) is 4.90 Å². The van der Waals surface area contributed by atoms with Crippen LogP contribution in [0.15, 0.2) is 12.1 Å². The number of aliphatic hydroxyl groups is 1. The van der Waals surface area contributed by atoms with Crippen molar-refractivity contribution in [1.29, 1.82) is 0 Å². The summed E-state index contributed by atoms with van der Waals surface area (Å²) in [6.45, 7) is 3.78. The quantitative estimate of drug-likeness (QED) is 0.851. The van der Waals surface area contributed by atoms with Gasteiger partial charge in [0.1, 0.15) is 6.10 Å². The first-order valence-electron chi connectivity index (χ1n) is 7.00. The highest BCUT2D eigenvalue weighted by molar-refractivity contribution is 5.68. The lowest BCUT2D eigenvalue weighted by atomic mass is 9.95. The van der Waals surface area contributed by atoms with E-state index in [2.05, 4.69) is 18.9 Å². The molecule has 0 amide bonds. The molecule has 1 aromatic carbocycles. The Morgan fingerprint density at radius 2 is 2.25 bits per heavy atom. The number of hydrogen-bond donors (Lipinski definition) is 1. The molecule has 0 spiro atoms. The molecule has 4 heteroatoms. The Kier molecular flexibility index (Phi) is 3.44. The fraction of sp³-hybridized carbons (Fsp3) is 0.500. The van der Waals surface area contributed by atoms with Crippen LogP contribution in [0.2, 0.25) is 0 Å². The zero-order valence-electron chi connectivity index (χ0n) is 12.2. The van der Waals surface area contributed by atoms with Gasteiger partial charge in [-0.15, -0.1) is 0 Å². The van der Waals surface area contributed by atoms with Gasteiger partial charge in [-0.1, -0.05) is 12.2 Å². The summed E-state index contributed by atoms with van der Waals surface area (Å²) in [7, 11) is 3.76. The van der Waals surface area contributed by atoms with Crippen LogP contribution in [-0.4, -0.2) is 42.9 Å². The molecule has 4 nitrogen and oxygen atoms in total. The second-order valence-corrected chi connectivity index (χ2v) is 5.72. The number of likely N-dealkylation sites (N-methyl/N-ethyl adjacent to an activating group) is 1. The van der Waals surface area contributed by atoms with Crippen molar-refractivity contribution < 1.29 is 14.6 Å². The van der Waals surface area contributed by atoms with Crippen molar-refractivity contribution in [2.75, 3.05) is 20.7 Å². The van der Waals surface area contributed by atoms with E-state index >= 15 is 0 Å². The van der Waals surface area contributed by atoms with Crippen molar-refractivity contribution in [3.8, 4) is 11.5 Å². The van der Waals surface area contributed by atoms with Crippen LogP contribution >= 0.6 is 0 Å². The van der Waals surface area contributed by atoms with Gasteiger partial charge in [-0.05, 0) is 31.2 Å². The van der Waals surface area contributed by atoms with Crippen LogP contribution in [0, 0.1) is 6.92 Å². The first-order chi connectivity index (χ1) is 9.58. The molecular formula is C16H21NO3. The summed E-state index contributed by atoms with van der Waals surface area (Å²) in [5.41, 5.74) is 3.47. The number of fused-ring (bicyclic) bond motifs is 1. The summed E-state index contributed by atoms with van der Waals surface area (Å²) in [6.07, 6.45) is 3.96. The molecule has 1 N–H and O–H groups in total. The van der Waals surface area contributed by atoms with Crippen LogP contribution in [0.3, 0.4) is 0 Å². The maximum atomic E-state index is 10.0. The van der Waals surface area contributed by atoms with Gasteiger partial charge in [0.05, 0.1) is 13.2 Å². The van der Waals surface area contributed by atoms with Crippen LogP contribution < -0.4 is 9.47 Å². The van der Waals surface area contributed by atoms with Gasteiger partial charge in [0.25, 0.3) is 0 Å². The van der Waals surface area contributed by atoms with Gasteiger partial charge in [0, 0.05) is 25.1 Å². The summed E-state index contributed by atoms with van der Waals surface area (Å²) in [5, 5.41) is 10.0. The van der Waals surface area contributed by atoms with E-state index in [1.54, 1.807) is 7.11 Å². The molecule has 4 bridgehead atoms. The minimum atomic E-state index is -0.459. The monoisotopic (exact) mass is 275 g/mol. The van der Waals surface area contributed by atoms with E-state index in [1.807, 2.05) is 18.2 Å². The van der Waals surface area contributed by atoms with Crippen molar-refractivity contribution >= 4 is 6.08 Å². The van der Waals surface area contributed by atoms with Crippen molar-refractivity contribution in [2.24, 2.45) is 0 Å². The Bertz CT molecular complexity index is 553. The minimum absolute atomic E-state index is 0.0246. The zero-order chi connectivity index (χ0) is 14.3. The fourth-order valence-corrected chi connectivity index (χ4v) is 3.05. The molecule has 0 aliphatic carbocycles. The first kappa shape index (κ1) is 13.5. The normalized spacial score (nSPS) is 27.0. The average molecular weight is 275 g/mol. The Morgan fingerprint density at radius 1 is 1.45 bits per heavy atom. The van der Waals surface area contributed by atoms with E-state index in [9.17, 15) is 5.11 Å². The molecule has 0 saturated heterocycles. The zero-order valence-corrected chi connectivity index (χ0v) is 12.2. The smallest absolute Gasteiger partial charge is 0.169 e. The third-order valence-electron chi connectivity index (χ3n) is 4.05. The van der Waals surface area contributed by atoms with Gasteiger partial charge >= 0.3 is 0 Å². The Balaban J connectivity index is 2.24. The number of nitrogens with zero attached hydrogens (tertiary/aromatic N) is 1. The maximum absolute atomic E-state index is 10.0. The largest absolute Gasteiger partial charge is 0.493 e. The molecule has 2 atom stereocenters. The van der Waals surface area contributed by atoms with Gasteiger partial charge < -0.3 is 14.6 Å². The van der Waals surface area contributed by atoms with E-state index in [4.69, 9.17) is 9.47 Å². The molecule has 108 valence electrons. The predicted octanol–water partition coefficient (Wildman–Crippen LogP) is 1.97. The van der Waals surface area contributed by atoms with Gasteiger partial charge in [0.2, 0.25) is 0 Å². The molecule has 2 aliphatic rings. The minimum Gasteiger partial charge on any atom is -0.493 e. The summed E-state index contributed by atoms with van der Waals surface area (Å²) in [5.74, 6) is 1.59. The number of ether oxygens (including phenoxy) is 2. The molecule has 20 heavy (non-hydrogen) atoms. The summed E-state index contributed by atoms with van der Waals surface area (Å²) in [6, 6.07) is 2.04. The van der Waals surface area contributed by atoms with E-state index < -0.39 is 6.10 Å². The van der Waals surface area contributed by atoms with Gasteiger partial charge in [0.15, 0.2) is 11.5 Å². The van der Waals surface area contributed by atoms with E-state index in [0.717, 1.165) is 30.2 Å². The van der Waals surface area contributed by atoms with Crippen LogP contribution in [0.1, 0.15) is 23.1 Å². The molecular weight excluding hydrogens is 254 g/mol. The lowest BCUT2D eigenvalue weighted by Gasteiger charge is -2.33. The Hall–Kier alpha value is -1.52. The summed E-state index contributed by atoms with van der Waals surface area (Å²) >= 11 is 0. The fourth-order valence-electron chi connectivity index (χ4n) is 3.05. The predicted molar refractivity (Wildman–Crippen MR) is 78.1 cm³/mol. The third kappa shape index (κ3) is 2.30. The average Bonchev–Trinajstić information content (AvgIpc) is 2.38. The number of rotatable bonds is 1. The maximum Gasteiger partial charge on any atom is 0.169 e. The Morgan fingerprint density at radius 3 is 3.00 bits per heavy atom. The summed E-state index contributed by atoms with van der Waals surface area (Å²) < 4.78 is 11.6. The lowest BCUT2D eigenvalue weighted by molar-refractivity contribution is 0.0843. The van der Waals surface area contributed by atoms with E-state index in [1.165, 1.54) is 11.1 Å². The second-order valence-electron chi connectivity index (χ2n) is 5.72. The van der Waals surface area contributed by atoms with Gasteiger partial charge in [-0.2, -0.15) is 0 Å². The molecule has 0 saturated carbocycles.